The van der Waals surface area contributed by atoms with Gasteiger partial charge in [0, 0.05) is 17.8 Å². The first kappa shape index (κ1) is 26.0. The maximum absolute atomic E-state index is 14.0. The van der Waals surface area contributed by atoms with Crippen molar-refractivity contribution >= 4 is 38.2 Å². The third-order valence-corrected chi connectivity index (χ3v) is 6.41. The Balaban J connectivity index is 1.81. The smallest absolute Gasteiger partial charge is 0.381 e. The summed E-state index contributed by atoms with van der Waals surface area (Å²) in [5.74, 6) is -2.84. The number of nitrogen functional groups attached to an aromatic ring is 1. The minimum Gasteiger partial charge on any atom is -0.381 e. The number of pyridine rings is 1. The average Bonchev–Trinajstić information content (AvgIpc) is 3.24. The van der Waals surface area contributed by atoms with E-state index in [9.17, 15) is 35.2 Å². The van der Waals surface area contributed by atoms with E-state index in [0.29, 0.717) is 15.6 Å². The number of amides is 1. The normalized spacial score (nSPS) is 12.2. The average molecular weight is 539 g/mol. The predicted octanol–water partition coefficient (Wildman–Crippen LogP) is 4.10. The standard InChI is InChI=1S/C23H18F5N5O3S/c1-37(35,36)20-8-16(24)4-5-19(20)33(22(34)15-9-30-32(11-15)12-23(26,27)28)10-13-2-3-14-7-17(25)21(29)31-18(14)6-13/h2-9,11H,10,12H2,1H3,(H2,29,31). The lowest BCUT2D eigenvalue weighted by Crippen LogP contribution is -2.31. The Morgan fingerprint density at radius 3 is 2.51 bits per heavy atom. The van der Waals surface area contributed by atoms with Crippen molar-refractivity contribution in [3.63, 3.8) is 0 Å². The molecule has 14 heteroatoms. The van der Waals surface area contributed by atoms with E-state index < -0.39 is 45.0 Å². The molecule has 8 nitrogen and oxygen atoms in total. The van der Waals surface area contributed by atoms with Crippen LogP contribution in [0.5, 0.6) is 0 Å². The number of hydrogen-bond acceptors (Lipinski definition) is 6. The lowest BCUT2D eigenvalue weighted by atomic mass is 10.1. The van der Waals surface area contributed by atoms with E-state index in [-0.39, 0.29) is 29.1 Å². The van der Waals surface area contributed by atoms with Crippen LogP contribution in [0.15, 0.2) is 59.8 Å². The number of nitrogens with zero attached hydrogens (tertiary/aromatic N) is 4. The Kier molecular flexibility index (Phi) is 6.62. The van der Waals surface area contributed by atoms with Gasteiger partial charge in [-0.1, -0.05) is 12.1 Å². The minimum absolute atomic E-state index is 0.204. The molecule has 1 amide bonds. The molecule has 2 aromatic heterocycles. The van der Waals surface area contributed by atoms with Gasteiger partial charge in [-0.3, -0.25) is 9.48 Å². The minimum atomic E-state index is -4.59. The summed E-state index contributed by atoms with van der Waals surface area (Å²) in [6.45, 7) is -1.74. The molecule has 0 aliphatic rings. The summed E-state index contributed by atoms with van der Waals surface area (Å²) in [6.07, 6.45) is -1.98. The number of alkyl halides is 3. The van der Waals surface area contributed by atoms with Gasteiger partial charge in [-0.05, 0) is 35.9 Å². The van der Waals surface area contributed by atoms with Crippen molar-refractivity contribution < 1.29 is 35.2 Å². The number of fused-ring (bicyclic) bond motifs is 1. The van der Waals surface area contributed by atoms with Crippen LogP contribution in [0.4, 0.5) is 33.5 Å². The fraction of sp³-hybridized carbons (Fsp3) is 0.174. The van der Waals surface area contributed by atoms with Crippen molar-refractivity contribution in [3.05, 3.63) is 77.6 Å². The van der Waals surface area contributed by atoms with Crippen molar-refractivity contribution in [1.82, 2.24) is 14.8 Å². The Morgan fingerprint density at radius 2 is 1.84 bits per heavy atom. The molecule has 0 saturated carbocycles. The quantitative estimate of drug-likeness (QED) is 0.370. The molecule has 0 fully saturated rings. The van der Waals surface area contributed by atoms with E-state index in [1.165, 1.54) is 24.3 Å². The van der Waals surface area contributed by atoms with E-state index in [1.54, 1.807) is 0 Å². The van der Waals surface area contributed by atoms with Crippen molar-refractivity contribution in [2.45, 2.75) is 24.2 Å². The van der Waals surface area contributed by atoms with Gasteiger partial charge in [-0.15, -0.1) is 0 Å². The van der Waals surface area contributed by atoms with Crippen molar-refractivity contribution in [2.75, 3.05) is 16.9 Å². The highest BCUT2D eigenvalue weighted by Crippen LogP contribution is 2.30. The zero-order valence-electron chi connectivity index (χ0n) is 19.0. The van der Waals surface area contributed by atoms with Crippen molar-refractivity contribution in [1.29, 1.82) is 0 Å². The summed E-state index contributed by atoms with van der Waals surface area (Å²) < 4.78 is 91.4. The van der Waals surface area contributed by atoms with Gasteiger partial charge in [0.15, 0.2) is 21.5 Å². The molecule has 0 aliphatic carbocycles. The first-order valence-electron chi connectivity index (χ1n) is 10.5. The molecule has 2 heterocycles. The fourth-order valence-electron chi connectivity index (χ4n) is 3.66. The Bertz CT molecular complexity index is 1620. The largest absolute Gasteiger partial charge is 0.408 e. The number of carbonyl (C=O) groups excluding carboxylic acids is 1. The molecule has 0 spiro atoms. The molecule has 0 unspecified atom stereocenters. The third-order valence-electron chi connectivity index (χ3n) is 5.28. The molecular formula is C23H18F5N5O3S. The number of sulfone groups is 1. The molecular weight excluding hydrogens is 521 g/mol. The van der Waals surface area contributed by atoms with Crippen LogP contribution in [0.2, 0.25) is 0 Å². The number of hydrogen-bond donors (Lipinski definition) is 1. The van der Waals surface area contributed by atoms with Crippen molar-refractivity contribution in [3.8, 4) is 0 Å². The third kappa shape index (κ3) is 5.85. The van der Waals surface area contributed by atoms with Gasteiger partial charge >= 0.3 is 6.18 Å². The van der Waals surface area contributed by atoms with E-state index >= 15 is 0 Å². The van der Waals surface area contributed by atoms with E-state index in [1.807, 2.05) is 0 Å². The van der Waals surface area contributed by atoms with Crippen LogP contribution in [0, 0.1) is 11.6 Å². The molecule has 0 atom stereocenters. The maximum Gasteiger partial charge on any atom is 0.408 e. The number of nitrogens with two attached hydrogens (primary N) is 1. The second kappa shape index (κ2) is 9.42. The van der Waals surface area contributed by atoms with Crippen LogP contribution >= 0.6 is 0 Å². The van der Waals surface area contributed by atoms with E-state index in [4.69, 9.17) is 5.73 Å². The molecule has 4 aromatic rings. The lowest BCUT2D eigenvalue weighted by molar-refractivity contribution is -0.142. The summed E-state index contributed by atoms with van der Waals surface area (Å²) in [6, 6.07) is 8.45. The van der Waals surface area contributed by atoms with Gasteiger partial charge < -0.3 is 10.6 Å². The summed E-state index contributed by atoms with van der Waals surface area (Å²) in [4.78, 5) is 17.9. The monoisotopic (exact) mass is 539 g/mol. The number of aromatic nitrogens is 3. The zero-order valence-corrected chi connectivity index (χ0v) is 19.8. The van der Waals surface area contributed by atoms with Gasteiger partial charge in [0.1, 0.15) is 12.4 Å². The zero-order chi connectivity index (χ0) is 27.1. The molecule has 0 radical (unpaired) electrons. The molecule has 37 heavy (non-hydrogen) atoms. The fourth-order valence-corrected chi connectivity index (χ4v) is 4.54. The second-order valence-corrected chi connectivity index (χ2v) is 10.2. The predicted molar refractivity (Wildman–Crippen MR) is 124 cm³/mol. The van der Waals surface area contributed by atoms with Gasteiger partial charge in [0.25, 0.3) is 5.91 Å². The van der Waals surface area contributed by atoms with Crippen LogP contribution in [0.1, 0.15) is 15.9 Å². The van der Waals surface area contributed by atoms with Gasteiger partial charge in [0.2, 0.25) is 0 Å². The van der Waals surface area contributed by atoms with Crippen molar-refractivity contribution in [2.24, 2.45) is 0 Å². The van der Waals surface area contributed by atoms with Crippen LogP contribution in [0.25, 0.3) is 10.9 Å². The highest BCUT2D eigenvalue weighted by atomic mass is 32.2. The number of rotatable bonds is 6. The molecule has 0 bridgehead atoms. The first-order chi connectivity index (χ1) is 17.2. The SMILES string of the molecule is CS(=O)(=O)c1cc(F)ccc1N(Cc1ccc2cc(F)c(N)nc2c1)C(=O)c1cnn(CC(F)(F)F)c1. The molecule has 2 aromatic carbocycles. The van der Waals surface area contributed by atoms with Crippen LogP contribution < -0.4 is 10.6 Å². The number of carbonyl (C=O) groups is 1. The topological polar surface area (TPSA) is 111 Å². The lowest BCUT2D eigenvalue weighted by Gasteiger charge is -2.25. The Hall–Kier alpha value is -4.07. The molecule has 194 valence electrons. The molecule has 0 aliphatic heterocycles. The van der Waals surface area contributed by atoms with E-state index in [0.717, 1.165) is 41.7 Å². The number of benzene rings is 2. The number of anilines is 2. The highest BCUT2D eigenvalue weighted by molar-refractivity contribution is 7.90. The Morgan fingerprint density at radius 1 is 1.11 bits per heavy atom. The molecule has 4 rings (SSSR count). The van der Waals surface area contributed by atoms with Crippen LogP contribution in [-0.2, 0) is 22.9 Å². The van der Waals surface area contributed by atoms with Crippen LogP contribution in [0.3, 0.4) is 0 Å². The second-order valence-electron chi connectivity index (χ2n) is 8.20. The van der Waals surface area contributed by atoms with Gasteiger partial charge in [-0.2, -0.15) is 18.3 Å². The molecule has 2 N–H and O–H groups in total. The van der Waals surface area contributed by atoms with Crippen LogP contribution in [-0.4, -0.2) is 41.5 Å². The molecule has 0 saturated heterocycles. The summed E-state index contributed by atoms with van der Waals surface area (Å²) >= 11 is 0. The first-order valence-corrected chi connectivity index (χ1v) is 12.4. The summed E-state index contributed by atoms with van der Waals surface area (Å²) in [7, 11) is -4.05. The maximum atomic E-state index is 14.0. The van der Waals surface area contributed by atoms with E-state index in [2.05, 4.69) is 10.1 Å². The number of halogens is 5. The highest BCUT2D eigenvalue weighted by Gasteiger charge is 2.30. The summed E-state index contributed by atoms with van der Waals surface area (Å²) in [5.41, 5.74) is 5.74. The Labute approximate surface area is 207 Å². The van der Waals surface area contributed by atoms with Gasteiger partial charge in [0.05, 0.1) is 34.4 Å². The van der Waals surface area contributed by atoms with Gasteiger partial charge in [-0.25, -0.2) is 22.2 Å². The summed E-state index contributed by atoms with van der Waals surface area (Å²) in [5, 5.41) is 3.96.